The van der Waals surface area contributed by atoms with Gasteiger partial charge >= 0.3 is 0 Å². The van der Waals surface area contributed by atoms with Crippen molar-refractivity contribution in [1.29, 1.82) is 0 Å². The summed E-state index contributed by atoms with van der Waals surface area (Å²) in [5, 5.41) is 9.77. The largest absolute Gasteiger partial charge is 0.396 e. The second-order valence-corrected chi connectivity index (χ2v) is 8.16. The molecule has 7 heteroatoms. The van der Waals surface area contributed by atoms with Crippen molar-refractivity contribution in [2.24, 2.45) is 11.3 Å². The topological polar surface area (TPSA) is 66.8 Å². The first-order valence-electron chi connectivity index (χ1n) is 7.34. The summed E-state index contributed by atoms with van der Waals surface area (Å²) in [6.07, 6.45) is 0.655. The summed E-state index contributed by atoms with van der Waals surface area (Å²) in [7, 11) is -3.69. The first kappa shape index (κ1) is 15.9. The molecule has 0 spiro atoms. The van der Waals surface area contributed by atoms with Crippen LogP contribution in [-0.2, 0) is 14.8 Å². The van der Waals surface area contributed by atoms with Crippen molar-refractivity contribution in [1.82, 2.24) is 4.31 Å². The highest BCUT2D eigenvalue weighted by Crippen LogP contribution is 2.43. The number of ether oxygens (including phenoxy) is 1. The lowest BCUT2D eigenvalue weighted by atomic mass is 9.75. The third-order valence-corrected chi connectivity index (χ3v) is 6.89. The number of aliphatic hydroxyl groups excluding tert-OH is 1. The molecule has 0 aliphatic carbocycles. The maximum atomic E-state index is 13.2. The van der Waals surface area contributed by atoms with E-state index >= 15 is 0 Å². The van der Waals surface area contributed by atoms with Crippen LogP contribution in [-0.4, -0.2) is 50.7 Å². The average Bonchev–Trinajstić information content (AvgIpc) is 2.87. The van der Waals surface area contributed by atoms with Crippen molar-refractivity contribution in [2.75, 3.05) is 32.9 Å². The second kappa shape index (κ2) is 5.56. The Balaban J connectivity index is 1.94. The fourth-order valence-corrected chi connectivity index (χ4v) is 5.27. The molecule has 0 aromatic heterocycles. The number of sulfonamides is 1. The molecule has 0 radical (unpaired) electrons. The predicted molar refractivity (Wildman–Crippen MR) is 78.3 cm³/mol. The van der Waals surface area contributed by atoms with E-state index in [4.69, 9.17) is 4.74 Å². The van der Waals surface area contributed by atoms with E-state index in [1.165, 1.54) is 16.4 Å². The van der Waals surface area contributed by atoms with E-state index in [-0.39, 0.29) is 24.0 Å². The van der Waals surface area contributed by atoms with E-state index < -0.39 is 21.3 Å². The van der Waals surface area contributed by atoms with E-state index in [2.05, 4.69) is 0 Å². The van der Waals surface area contributed by atoms with Crippen molar-refractivity contribution in [2.45, 2.75) is 18.2 Å². The Labute approximate surface area is 129 Å². The minimum absolute atomic E-state index is 0.00165. The van der Waals surface area contributed by atoms with Gasteiger partial charge in [0.2, 0.25) is 10.0 Å². The van der Waals surface area contributed by atoms with Crippen LogP contribution in [0.25, 0.3) is 0 Å². The number of fused-ring (bicyclic) bond motifs is 1. The Bertz CT molecular complexity index is 678. The maximum Gasteiger partial charge on any atom is 0.243 e. The molecule has 2 saturated heterocycles. The van der Waals surface area contributed by atoms with Gasteiger partial charge in [-0.05, 0) is 37.1 Å². The van der Waals surface area contributed by atoms with Gasteiger partial charge in [-0.2, -0.15) is 4.31 Å². The first-order valence-corrected chi connectivity index (χ1v) is 8.78. The zero-order valence-corrected chi connectivity index (χ0v) is 13.3. The van der Waals surface area contributed by atoms with Crippen molar-refractivity contribution < 1.29 is 22.7 Å². The van der Waals surface area contributed by atoms with Gasteiger partial charge < -0.3 is 9.84 Å². The molecule has 0 bridgehead atoms. The zero-order valence-electron chi connectivity index (χ0n) is 12.5. The van der Waals surface area contributed by atoms with Gasteiger partial charge in [0, 0.05) is 31.0 Å². The van der Waals surface area contributed by atoms with Gasteiger partial charge in [-0.3, -0.25) is 0 Å². The molecule has 5 nitrogen and oxygen atoms in total. The van der Waals surface area contributed by atoms with Crippen LogP contribution < -0.4 is 0 Å². The molecule has 0 unspecified atom stereocenters. The molecule has 2 aliphatic rings. The highest BCUT2D eigenvalue weighted by molar-refractivity contribution is 7.89. The van der Waals surface area contributed by atoms with Gasteiger partial charge in [0.15, 0.2) is 0 Å². The lowest BCUT2D eigenvalue weighted by Crippen LogP contribution is -2.41. The normalized spacial score (nSPS) is 29.5. The Morgan fingerprint density at radius 1 is 1.50 bits per heavy atom. The van der Waals surface area contributed by atoms with Crippen LogP contribution in [0, 0.1) is 24.1 Å². The summed E-state index contributed by atoms with van der Waals surface area (Å²) in [5.74, 6) is -0.450. The van der Waals surface area contributed by atoms with E-state index in [1.54, 1.807) is 6.92 Å². The molecule has 3 rings (SSSR count). The number of benzene rings is 1. The van der Waals surface area contributed by atoms with Gasteiger partial charge in [0.05, 0.1) is 18.1 Å². The zero-order chi connectivity index (χ0) is 16.0. The number of hydrogen-bond acceptors (Lipinski definition) is 4. The van der Waals surface area contributed by atoms with E-state index in [0.29, 0.717) is 31.7 Å². The van der Waals surface area contributed by atoms with Crippen LogP contribution in [0.5, 0.6) is 0 Å². The molecular weight excluding hydrogens is 309 g/mol. The summed E-state index contributed by atoms with van der Waals surface area (Å²) < 4.78 is 45.8. The Hall–Kier alpha value is -1.02. The first-order chi connectivity index (χ1) is 10.4. The molecule has 1 aromatic carbocycles. The van der Waals surface area contributed by atoms with Crippen LogP contribution in [0.1, 0.15) is 12.0 Å². The van der Waals surface area contributed by atoms with E-state index in [1.807, 2.05) is 0 Å². The lowest BCUT2D eigenvalue weighted by molar-refractivity contribution is -0.0414. The molecule has 2 fully saturated rings. The van der Waals surface area contributed by atoms with E-state index in [0.717, 1.165) is 6.07 Å². The minimum atomic E-state index is -3.69. The highest BCUT2D eigenvalue weighted by atomic mass is 32.2. The molecule has 1 aromatic rings. The summed E-state index contributed by atoms with van der Waals surface area (Å²) in [4.78, 5) is 0.126. The number of halogens is 1. The minimum Gasteiger partial charge on any atom is -0.396 e. The van der Waals surface area contributed by atoms with Crippen LogP contribution in [0.3, 0.4) is 0 Å². The summed E-state index contributed by atoms with van der Waals surface area (Å²) >= 11 is 0. The number of hydrogen-bond donors (Lipinski definition) is 1. The maximum absolute atomic E-state index is 13.2. The SMILES string of the molecule is Cc1cc(F)ccc1S(=O)(=O)N1C[C@@H]2COCC[C@]2(CO)C1. The summed E-state index contributed by atoms with van der Waals surface area (Å²) in [6, 6.07) is 3.69. The molecule has 0 amide bonds. The number of rotatable bonds is 3. The fraction of sp³-hybridized carbons (Fsp3) is 0.600. The van der Waals surface area contributed by atoms with Gasteiger partial charge in [-0.15, -0.1) is 0 Å². The third kappa shape index (κ3) is 2.46. The van der Waals surface area contributed by atoms with Gasteiger partial charge in [0.1, 0.15) is 5.82 Å². The number of aryl methyl sites for hydroxylation is 1. The van der Waals surface area contributed by atoms with Crippen molar-refractivity contribution in [3.63, 3.8) is 0 Å². The number of aliphatic hydroxyl groups is 1. The summed E-state index contributed by atoms with van der Waals surface area (Å²) in [6.45, 7) is 3.17. The van der Waals surface area contributed by atoms with Crippen LogP contribution in [0.15, 0.2) is 23.1 Å². The average molecular weight is 329 g/mol. The van der Waals surface area contributed by atoms with Crippen LogP contribution in [0.4, 0.5) is 4.39 Å². The van der Waals surface area contributed by atoms with Crippen LogP contribution >= 0.6 is 0 Å². The highest BCUT2D eigenvalue weighted by Gasteiger charge is 2.51. The third-order valence-electron chi connectivity index (χ3n) is 4.91. The standard InChI is InChI=1S/C15H20FNO4S/c1-11-6-13(16)2-3-14(11)22(19,20)17-7-12-8-21-5-4-15(12,9-17)10-18/h2-3,6,12,18H,4-5,7-10H2,1H3/t12-,15-/m1/s1. The molecule has 1 N–H and O–H groups in total. The van der Waals surface area contributed by atoms with Gasteiger partial charge in [0.25, 0.3) is 0 Å². The molecule has 2 aliphatic heterocycles. The molecule has 22 heavy (non-hydrogen) atoms. The predicted octanol–water partition coefficient (Wildman–Crippen LogP) is 1.15. The molecular formula is C15H20FNO4S. The molecule has 2 atom stereocenters. The van der Waals surface area contributed by atoms with Crippen molar-refractivity contribution in [3.05, 3.63) is 29.6 Å². The van der Waals surface area contributed by atoms with Gasteiger partial charge in [-0.1, -0.05) is 0 Å². The molecule has 2 heterocycles. The summed E-state index contributed by atoms with van der Waals surface area (Å²) in [5.41, 5.74) is -0.0247. The van der Waals surface area contributed by atoms with Crippen molar-refractivity contribution >= 4 is 10.0 Å². The molecule has 0 saturated carbocycles. The molecule has 122 valence electrons. The lowest BCUT2D eigenvalue weighted by Gasteiger charge is -2.36. The van der Waals surface area contributed by atoms with Gasteiger partial charge in [-0.25, -0.2) is 12.8 Å². The Morgan fingerprint density at radius 3 is 2.91 bits per heavy atom. The smallest absolute Gasteiger partial charge is 0.243 e. The second-order valence-electron chi connectivity index (χ2n) is 6.25. The quantitative estimate of drug-likeness (QED) is 0.903. The van der Waals surface area contributed by atoms with Crippen molar-refractivity contribution in [3.8, 4) is 0 Å². The Morgan fingerprint density at radius 2 is 2.27 bits per heavy atom. The fourth-order valence-electron chi connectivity index (χ4n) is 3.48. The Kier molecular flexibility index (Phi) is 4.01. The monoisotopic (exact) mass is 329 g/mol. The number of nitrogens with zero attached hydrogens (tertiary/aromatic N) is 1. The van der Waals surface area contributed by atoms with Crippen LogP contribution in [0.2, 0.25) is 0 Å². The van der Waals surface area contributed by atoms with E-state index in [9.17, 15) is 17.9 Å².